The van der Waals surface area contributed by atoms with Gasteiger partial charge in [-0.1, -0.05) is 23.8 Å². The molecule has 0 aliphatic heterocycles. The summed E-state index contributed by atoms with van der Waals surface area (Å²) in [4.78, 5) is 0. The summed E-state index contributed by atoms with van der Waals surface area (Å²) < 4.78 is 0. The molecule has 1 atom stereocenters. The third kappa shape index (κ3) is 2.50. The second-order valence-electron chi connectivity index (χ2n) is 3.15. The quantitative estimate of drug-likeness (QED) is 0.716. The summed E-state index contributed by atoms with van der Waals surface area (Å²) in [6, 6.07) is 6.53. The molecule has 0 fully saturated rings. The molecule has 0 aliphatic rings. The molecule has 0 saturated heterocycles. The first-order valence-corrected chi connectivity index (χ1v) is 3.94. The lowest BCUT2D eigenvalue weighted by Crippen LogP contribution is -2.06. The molecule has 2 N–H and O–H groups in total. The number of halogens is 1. The maximum Gasteiger partial charge on any atom is 0.0268 e. The maximum absolute atomic E-state index is 5.78. The number of hydrogen-bond donors (Lipinski definition) is 1. The second kappa shape index (κ2) is 4.48. The molecule has 0 heterocycles. The Labute approximate surface area is 80.4 Å². The Morgan fingerprint density at radius 3 is 2.25 bits per heavy atom. The van der Waals surface area contributed by atoms with Crippen molar-refractivity contribution in [1.82, 2.24) is 0 Å². The molecule has 1 aromatic rings. The summed E-state index contributed by atoms with van der Waals surface area (Å²) >= 11 is 0. The van der Waals surface area contributed by atoms with Crippen molar-refractivity contribution < 1.29 is 0 Å². The van der Waals surface area contributed by atoms with Gasteiger partial charge in [0.2, 0.25) is 0 Å². The van der Waals surface area contributed by atoms with Gasteiger partial charge in [0.1, 0.15) is 0 Å². The summed E-state index contributed by atoms with van der Waals surface area (Å²) in [7, 11) is 0. The van der Waals surface area contributed by atoms with E-state index in [9.17, 15) is 0 Å². The average molecular weight is 186 g/mol. The molecule has 0 radical (unpaired) electrons. The van der Waals surface area contributed by atoms with Gasteiger partial charge in [-0.15, -0.1) is 12.4 Å². The number of hydrogen-bond acceptors (Lipinski definition) is 1. The van der Waals surface area contributed by atoms with Gasteiger partial charge in [0.05, 0.1) is 0 Å². The van der Waals surface area contributed by atoms with E-state index >= 15 is 0 Å². The van der Waals surface area contributed by atoms with Crippen LogP contribution in [0.5, 0.6) is 0 Å². The fourth-order valence-electron chi connectivity index (χ4n) is 1.25. The smallest absolute Gasteiger partial charge is 0.0268 e. The zero-order valence-electron chi connectivity index (χ0n) is 7.79. The molecule has 0 bridgehead atoms. The number of benzene rings is 1. The lowest BCUT2D eigenvalue weighted by Gasteiger charge is -2.09. The van der Waals surface area contributed by atoms with Crippen LogP contribution in [0.25, 0.3) is 0 Å². The first-order chi connectivity index (χ1) is 5.11. The highest BCUT2D eigenvalue weighted by Crippen LogP contribution is 2.16. The molecule has 2 heteroatoms. The minimum atomic E-state index is 0. The standard InChI is InChI=1S/C10H15N.ClH/c1-7-4-5-8(2)10(6-7)9(3)11;/h4-6,9H,11H2,1-3H3;1H/t9-;/m0./s1. The first kappa shape index (κ1) is 11.5. The normalized spacial score (nSPS) is 12.0. The maximum atomic E-state index is 5.78. The van der Waals surface area contributed by atoms with Crippen LogP contribution >= 0.6 is 12.4 Å². The van der Waals surface area contributed by atoms with Crippen LogP contribution in [0.3, 0.4) is 0 Å². The summed E-state index contributed by atoms with van der Waals surface area (Å²) in [5.74, 6) is 0. The number of aryl methyl sites for hydroxylation is 2. The third-order valence-electron chi connectivity index (χ3n) is 1.93. The van der Waals surface area contributed by atoms with Crippen LogP contribution in [0, 0.1) is 13.8 Å². The summed E-state index contributed by atoms with van der Waals surface area (Å²) in [6.45, 7) is 6.20. The van der Waals surface area contributed by atoms with Crippen LogP contribution in [0.4, 0.5) is 0 Å². The lowest BCUT2D eigenvalue weighted by molar-refractivity contribution is 0.808. The molecular formula is C10H16ClN. The van der Waals surface area contributed by atoms with Gasteiger partial charge in [0.25, 0.3) is 0 Å². The highest BCUT2D eigenvalue weighted by atomic mass is 35.5. The Balaban J connectivity index is 0.00000121. The fourth-order valence-corrected chi connectivity index (χ4v) is 1.25. The van der Waals surface area contributed by atoms with E-state index in [1.165, 1.54) is 16.7 Å². The minimum absolute atomic E-state index is 0. The van der Waals surface area contributed by atoms with Crippen LogP contribution < -0.4 is 5.73 Å². The molecule has 0 spiro atoms. The number of nitrogens with two attached hydrogens (primary N) is 1. The molecule has 68 valence electrons. The van der Waals surface area contributed by atoms with E-state index in [1.54, 1.807) is 0 Å². The first-order valence-electron chi connectivity index (χ1n) is 3.94. The highest BCUT2D eigenvalue weighted by Gasteiger charge is 2.02. The van der Waals surface area contributed by atoms with Crippen molar-refractivity contribution in [2.45, 2.75) is 26.8 Å². The van der Waals surface area contributed by atoms with Crippen molar-refractivity contribution in [3.63, 3.8) is 0 Å². The monoisotopic (exact) mass is 185 g/mol. The molecule has 1 rings (SSSR count). The van der Waals surface area contributed by atoms with E-state index in [4.69, 9.17) is 5.73 Å². The Morgan fingerprint density at radius 2 is 1.83 bits per heavy atom. The van der Waals surface area contributed by atoms with E-state index < -0.39 is 0 Å². The Bertz CT molecular complexity index is 256. The van der Waals surface area contributed by atoms with E-state index in [1.807, 2.05) is 6.92 Å². The van der Waals surface area contributed by atoms with Crippen LogP contribution in [0.15, 0.2) is 18.2 Å². The summed E-state index contributed by atoms with van der Waals surface area (Å²) in [6.07, 6.45) is 0. The molecule has 0 aliphatic carbocycles. The molecule has 0 aromatic heterocycles. The summed E-state index contributed by atoms with van der Waals surface area (Å²) in [5, 5.41) is 0. The van der Waals surface area contributed by atoms with Gasteiger partial charge in [-0.3, -0.25) is 0 Å². The van der Waals surface area contributed by atoms with Crippen molar-refractivity contribution in [3.05, 3.63) is 34.9 Å². The Hall–Kier alpha value is -0.530. The van der Waals surface area contributed by atoms with E-state index in [2.05, 4.69) is 32.0 Å². The van der Waals surface area contributed by atoms with Crippen molar-refractivity contribution in [1.29, 1.82) is 0 Å². The van der Waals surface area contributed by atoms with Crippen molar-refractivity contribution in [2.24, 2.45) is 5.73 Å². The lowest BCUT2D eigenvalue weighted by atomic mass is 10.0. The van der Waals surface area contributed by atoms with Gasteiger partial charge < -0.3 is 5.73 Å². The minimum Gasteiger partial charge on any atom is -0.324 e. The Kier molecular flexibility index (Phi) is 4.29. The van der Waals surface area contributed by atoms with Crippen LogP contribution in [0.1, 0.15) is 29.7 Å². The molecule has 1 aromatic carbocycles. The van der Waals surface area contributed by atoms with Crippen LogP contribution in [-0.4, -0.2) is 0 Å². The van der Waals surface area contributed by atoms with Gasteiger partial charge in [-0.05, 0) is 31.9 Å². The van der Waals surface area contributed by atoms with Gasteiger partial charge >= 0.3 is 0 Å². The van der Waals surface area contributed by atoms with Gasteiger partial charge in [-0.25, -0.2) is 0 Å². The van der Waals surface area contributed by atoms with Crippen LogP contribution in [-0.2, 0) is 0 Å². The zero-order valence-corrected chi connectivity index (χ0v) is 8.61. The Morgan fingerprint density at radius 1 is 1.25 bits per heavy atom. The predicted octanol–water partition coefficient (Wildman–Crippen LogP) is 2.74. The molecule has 12 heavy (non-hydrogen) atoms. The third-order valence-corrected chi connectivity index (χ3v) is 1.93. The SMILES string of the molecule is Cc1ccc(C)c([C@H](C)N)c1.Cl. The van der Waals surface area contributed by atoms with Gasteiger partial charge in [0.15, 0.2) is 0 Å². The molecule has 1 nitrogen and oxygen atoms in total. The van der Waals surface area contributed by atoms with Crippen molar-refractivity contribution in [2.75, 3.05) is 0 Å². The van der Waals surface area contributed by atoms with Gasteiger partial charge in [0, 0.05) is 6.04 Å². The molecule has 0 amide bonds. The molecular weight excluding hydrogens is 170 g/mol. The zero-order chi connectivity index (χ0) is 8.43. The fraction of sp³-hybridized carbons (Fsp3) is 0.400. The van der Waals surface area contributed by atoms with E-state index in [-0.39, 0.29) is 18.4 Å². The number of rotatable bonds is 1. The topological polar surface area (TPSA) is 26.0 Å². The van der Waals surface area contributed by atoms with E-state index in [0.29, 0.717) is 0 Å². The van der Waals surface area contributed by atoms with Crippen molar-refractivity contribution >= 4 is 12.4 Å². The van der Waals surface area contributed by atoms with Gasteiger partial charge in [-0.2, -0.15) is 0 Å². The van der Waals surface area contributed by atoms with Crippen LogP contribution in [0.2, 0.25) is 0 Å². The molecule has 0 unspecified atom stereocenters. The van der Waals surface area contributed by atoms with Crippen molar-refractivity contribution in [3.8, 4) is 0 Å². The summed E-state index contributed by atoms with van der Waals surface area (Å²) in [5.41, 5.74) is 9.60. The predicted molar refractivity (Wildman–Crippen MR) is 55.8 cm³/mol. The highest BCUT2D eigenvalue weighted by molar-refractivity contribution is 5.85. The largest absolute Gasteiger partial charge is 0.324 e. The molecule has 0 saturated carbocycles. The van der Waals surface area contributed by atoms with E-state index in [0.717, 1.165) is 0 Å². The average Bonchev–Trinajstić information content (AvgIpc) is 1.94. The second-order valence-corrected chi connectivity index (χ2v) is 3.15.